The lowest BCUT2D eigenvalue weighted by Gasteiger charge is -2.35. The van der Waals surface area contributed by atoms with Crippen molar-refractivity contribution in [3.8, 4) is 5.75 Å². The molecule has 0 radical (unpaired) electrons. The van der Waals surface area contributed by atoms with Gasteiger partial charge in [-0.05, 0) is 11.6 Å². The van der Waals surface area contributed by atoms with Gasteiger partial charge in [-0.15, -0.1) is 0 Å². The molecule has 1 N–H and O–H groups in total. The highest BCUT2D eigenvalue weighted by Gasteiger charge is 2.29. The summed E-state index contributed by atoms with van der Waals surface area (Å²) >= 11 is 0. The Bertz CT molecular complexity index is 385. The van der Waals surface area contributed by atoms with Gasteiger partial charge >= 0.3 is 0 Å². The zero-order chi connectivity index (χ0) is 12.4. The molecule has 0 spiro atoms. The van der Waals surface area contributed by atoms with Crippen molar-refractivity contribution in [2.45, 2.75) is 18.6 Å². The molecule has 0 saturated carbocycles. The van der Waals surface area contributed by atoms with E-state index in [1.54, 1.807) is 0 Å². The van der Waals surface area contributed by atoms with Crippen LogP contribution in [0.5, 0.6) is 5.75 Å². The predicted molar refractivity (Wildman–Crippen MR) is 67.8 cm³/mol. The third-order valence-corrected chi connectivity index (χ3v) is 3.71. The van der Waals surface area contributed by atoms with Crippen LogP contribution < -0.4 is 4.74 Å². The molecule has 2 atom stereocenters. The number of aliphatic hydroxyl groups excluding tert-OH is 1. The lowest BCUT2D eigenvalue weighted by Crippen LogP contribution is -2.50. The third kappa shape index (κ3) is 2.36. The molecule has 2 heterocycles. The van der Waals surface area contributed by atoms with Crippen LogP contribution in [0.4, 0.5) is 0 Å². The summed E-state index contributed by atoms with van der Waals surface area (Å²) in [6.45, 7) is 3.26. The smallest absolute Gasteiger partial charge is 0.123 e. The zero-order valence-electron chi connectivity index (χ0n) is 10.4. The number of fused-ring (bicyclic) bond motifs is 1. The summed E-state index contributed by atoms with van der Waals surface area (Å²) in [5.74, 6) is 1.01. The van der Waals surface area contributed by atoms with Gasteiger partial charge in [0.05, 0.1) is 25.9 Å². The summed E-state index contributed by atoms with van der Waals surface area (Å²) in [5.41, 5.74) is 1.29. The maximum absolute atomic E-state index is 9.35. The first kappa shape index (κ1) is 12.0. The molecule has 0 aliphatic carbocycles. The monoisotopic (exact) mass is 249 g/mol. The minimum absolute atomic E-state index is 0.117. The van der Waals surface area contributed by atoms with E-state index in [0.29, 0.717) is 6.61 Å². The van der Waals surface area contributed by atoms with E-state index in [1.807, 2.05) is 12.1 Å². The number of morpholine rings is 1. The van der Waals surface area contributed by atoms with Gasteiger partial charge in [-0.2, -0.15) is 0 Å². The van der Waals surface area contributed by atoms with Crippen LogP contribution in [0.25, 0.3) is 0 Å². The number of benzene rings is 1. The Labute approximate surface area is 107 Å². The highest BCUT2D eigenvalue weighted by molar-refractivity contribution is 5.37. The molecule has 0 bridgehead atoms. The molecule has 4 heteroatoms. The minimum atomic E-state index is 0.117. The highest BCUT2D eigenvalue weighted by atomic mass is 16.5. The number of hydrogen-bond donors (Lipinski definition) is 1. The molecule has 1 aromatic carbocycles. The van der Waals surface area contributed by atoms with E-state index in [0.717, 1.165) is 31.9 Å². The number of aliphatic hydroxyl groups is 1. The summed E-state index contributed by atoms with van der Waals surface area (Å²) in [7, 11) is 0. The van der Waals surface area contributed by atoms with Crippen LogP contribution in [0, 0.1) is 0 Å². The van der Waals surface area contributed by atoms with Crippen LogP contribution in [0.3, 0.4) is 0 Å². The van der Waals surface area contributed by atoms with E-state index in [1.165, 1.54) is 5.56 Å². The van der Waals surface area contributed by atoms with E-state index in [4.69, 9.17) is 9.47 Å². The van der Waals surface area contributed by atoms with Gasteiger partial charge in [-0.1, -0.05) is 18.2 Å². The molecule has 1 saturated heterocycles. The van der Waals surface area contributed by atoms with Gasteiger partial charge in [0.1, 0.15) is 11.9 Å². The van der Waals surface area contributed by atoms with Gasteiger partial charge in [0.15, 0.2) is 0 Å². The standard InChI is InChI=1S/C14H19NO3/c16-9-12-10-17-6-5-15(12)8-13-7-11-3-1-2-4-14(11)18-13/h1-4,12-13,16H,5-10H2. The van der Waals surface area contributed by atoms with Crippen LogP contribution in [-0.4, -0.2) is 55.1 Å². The van der Waals surface area contributed by atoms with Crippen molar-refractivity contribution in [2.75, 3.05) is 32.9 Å². The topological polar surface area (TPSA) is 41.9 Å². The second-order valence-electron chi connectivity index (χ2n) is 4.96. The molecule has 2 aliphatic heterocycles. The lowest BCUT2D eigenvalue weighted by molar-refractivity contribution is -0.0385. The van der Waals surface area contributed by atoms with Crippen LogP contribution >= 0.6 is 0 Å². The largest absolute Gasteiger partial charge is 0.488 e. The summed E-state index contributed by atoms with van der Waals surface area (Å²) in [4.78, 5) is 2.28. The Morgan fingerprint density at radius 3 is 3.06 bits per heavy atom. The second-order valence-corrected chi connectivity index (χ2v) is 4.96. The van der Waals surface area contributed by atoms with Crippen LogP contribution in [0.1, 0.15) is 5.56 Å². The van der Waals surface area contributed by atoms with Gasteiger partial charge in [0.25, 0.3) is 0 Å². The van der Waals surface area contributed by atoms with Crippen LogP contribution in [-0.2, 0) is 11.2 Å². The molecular weight excluding hydrogens is 230 g/mol. The molecule has 0 amide bonds. The minimum Gasteiger partial charge on any atom is -0.488 e. The maximum Gasteiger partial charge on any atom is 0.123 e. The first-order chi connectivity index (χ1) is 8.86. The Morgan fingerprint density at radius 1 is 1.33 bits per heavy atom. The van der Waals surface area contributed by atoms with E-state index >= 15 is 0 Å². The second kappa shape index (κ2) is 5.26. The molecule has 98 valence electrons. The highest BCUT2D eigenvalue weighted by Crippen LogP contribution is 2.28. The van der Waals surface area contributed by atoms with Gasteiger partial charge in [0.2, 0.25) is 0 Å². The molecule has 0 aromatic heterocycles. The Kier molecular flexibility index (Phi) is 3.50. The Hall–Kier alpha value is -1.10. The molecule has 18 heavy (non-hydrogen) atoms. The normalized spacial score (nSPS) is 27.8. The fourth-order valence-corrected chi connectivity index (χ4v) is 2.72. The fraction of sp³-hybridized carbons (Fsp3) is 0.571. The number of para-hydroxylation sites is 1. The van der Waals surface area contributed by atoms with Crippen molar-refractivity contribution in [3.05, 3.63) is 29.8 Å². The van der Waals surface area contributed by atoms with Crippen LogP contribution in [0.2, 0.25) is 0 Å². The summed E-state index contributed by atoms with van der Waals surface area (Å²) in [5, 5.41) is 9.35. The Balaban J connectivity index is 1.61. The summed E-state index contributed by atoms with van der Waals surface area (Å²) < 4.78 is 11.3. The van der Waals surface area contributed by atoms with Crippen molar-refractivity contribution in [1.29, 1.82) is 0 Å². The maximum atomic E-state index is 9.35. The average molecular weight is 249 g/mol. The average Bonchev–Trinajstić information content (AvgIpc) is 2.81. The van der Waals surface area contributed by atoms with Crippen molar-refractivity contribution in [1.82, 2.24) is 4.90 Å². The number of nitrogens with zero attached hydrogens (tertiary/aromatic N) is 1. The van der Waals surface area contributed by atoms with Gasteiger partial charge < -0.3 is 14.6 Å². The van der Waals surface area contributed by atoms with E-state index in [9.17, 15) is 5.11 Å². The molecule has 4 nitrogen and oxygen atoms in total. The Morgan fingerprint density at radius 2 is 2.22 bits per heavy atom. The number of rotatable bonds is 3. The third-order valence-electron chi connectivity index (χ3n) is 3.71. The van der Waals surface area contributed by atoms with Crippen molar-refractivity contribution in [3.63, 3.8) is 0 Å². The van der Waals surface area contributed by atoms with Gasteiger partial charge in [0, 0.05) is 19.5 Å². The van der Waals surface area contributed by atoms with E-state index < -0.39 is 0 Å². The SMILES string of the molecule is OCC1COCCN1CC1Cc2ccccc2O1. The quantitative estimate of drug-likeness (QED) is 0.855. The zero-order valence-corrected chi connectivity index (χ0v) is 10.4. The predicted octanol–water partition coefficient (Wildman–Crippen LogP) is 0.683. The first-order valence-corrected chi connectivity index (χ1v) is 6.54. The van der Waals surface area contributed by atoms with E-state index in [2.05, 4.69) is 17.0 Å². The van der Waals surface area contributed by atoms with E-state index in [-0.39, 0.29) is 18.8 Å². The lowest BCUT2D eigenvalue weighted by atomic mass is 10.1. The fourth-order valence-electron chi connectivity index (χ4n) is 2.72. The van der Waals surface area contributed by atoms with Crippen LogP contribution in [0.15, 0.2) is 24.3 Å². The molecule has 2 unspecified atom stereocenters. The van der Waals surface area contributed by atoms with Crippen molar-refractivity contribution in [2.24, 2.45) is 0 Å². The molecule has 3 rings (SSSR count). The molecule has 1 aromatic rings. The van der Waals surface area contributed by atoms with Crippen molar-refractivity contribution < 1.29 is 14.6 Å². The summed E-state index contributed by atoms with van der Waals surface area (Å²) in [6.07, 6.45) is 1.17. The number of ether oxygens (including phenoxy) is 2. The van der Waals surface area contributed by atoms with Gasteiger partial charge in [-0.25, -0.2) is 0 Å². The molecular formula is C14H19NO3. The molecule has 2 aliphatic rings. The van der Waals surface area contributed by atoms with Crippen molar-refractivity contribution >= 4 is 0 Å². The first-order valence-electron chi connectivity index (χ1n) is 6.54. The van der Waals surface area contributed by atoms with Gasteiger partial charge in [-0.3, -0.25) is 4.90 Å². The summed E-state index contributed by atoms with van der Waals surface area (Å²) in [6, 6.07) is 8.32. The number of hydrogen-bond acceptors (Lipinski definition) is 4. The molecule has 1 fully saturated rings.